The Morgan fingerprint density at radius 2 is 2.16 bits per heavy atom. The van der Waals surface area contributed by atoms with Gasteiger partial charge in [-0.1, -0.05) is 6.07 Å². The molecule has 2 atom stereocenters. The molecule has 0 radical (unpaired) electrons. The smallest absolute Gasteiger partial charge is 0.263 e. The van der Waals surface area contributed by atoms with Crippen molar-refractivity contribution in [3.63, 3.8) is 0 Å². The minimum absolute atomic E-state index is 0.0276. The number of carbonyl (C=O) groups excluding carboxylic acids is 1. The standard InChI is InChI=1S/C19H24FN3O2/c1-12-18(13(2)22(4)21-12)17-9-6-10-23(17)19(24)14(3)25-16-8-5-7-15(20)11-16/h5,7-8,11,14,17H,6,9-10H2,1-4H3/t14-,17-/m1/s1. The topological polar surface area (TPSA) is 47.4 Å². The third-order valence-electron chi connectivity index (χ3n) is 4.89. The number of hydrogen-bond donors (Lipinski definition) is 0. The molecule has 0 aliphatic carbocycles. The van der Waals surface area contributed by atoms with Gasteiger partial charge in [0.05, 0.1) is 11.7 Å². The van der Waals surface area contributed by atoms with E-state index in [2.05, 4.69) is 5.10 Å². The van der Waals surface area contributed by atoms with Crippen LogP contribution in [0.1, 0.15) is 42.8 Å². The van der Waals surface area contributed by atoms with Crippen LogP contribution in [-0.2, 0) is 11.8 Å². The monoisotopic (exact) mass is 345 g/mol. The highest BCUT2D eigenvalue weighted by atomic mass is 19.1. The molecule has 1 saturated heterocycles. The molecule has 2 aromatic rings. The second-order valence-corrected chi connectivity index (χ2v) is 6.62. The Balaban J connectivity index is 1.78. The van der Waals surface area contributed by atoms with E-state index in [1.165, 1.54) is 12.1 Å². The van der Waals surface area contributed by atoms with Gasteiger partial charge in [0, 0.05) is 30.9 Å². The predicted octanol–water partition coefficient (Wildman–Crippen LogP) is 3.31. The zero-order chi connectivity index (χ0) is 18.1. The fourth-order valence-corrected chi connectivity index (χ4v) is 3.63. The first-order valence-corrected chi connectivity index (χ1v) is 8.61. The lowest BCUT2D eigenvalue weighted by atomic mass is 10.0. The lowest BCUT2D eigenvalue weighted by molar-refractivity contribution is -0.139. The van der Waals surface area contributed by atoms with E-state index in [9.17, 15) is 9.18 Å². The molecule has 0 spiro atoms. The fraction of sp³-hybridized carbons (Fsp3) is 0.474. The molecule has 1 aromatic heterocycles. The Kier molecular flexibility index (Phi) is 4.79. The van der Waals surface area contributed by atoms with Gasteiger partial charge in [-0.25, -0.2) is 4.39 Å². The van der Waals surface area contributed by atoms with Gasteiger partial charge in [-0.15, -0.1) is 0 Å². The molecule has 25 heavy (non-hydrogen) atoms. The van der Waals surface area contributed by atoms with Crippen LogP contribution in [0.5, 0.6) is 5.75 Å². The van der Waals surface area contributed by atoms with Crippen molar-refractivity contribution in [1.29, 1.82) is 0 Å². The summed E-state index contributed by atoms with van der Waals surface area (Å²) in [7, 11) is 1.92. The molecule has 1 aliphatic heterocycles. The number of hydrogen-bond acceptors (Lipinski definition) is 3. The van der Waals surface area contributed by atoms with Crippen LogP contribution in [0.2, 0.25) is 0 Å². The number of aryl methyl sites for hydroxylation is 2. The maximum Gasteiger partial charge on any atom is 0.263 e. The van der Waals surface area contributed by atoms with Gasteiger partial charge >= 0.3 is 0 Å². The molecular weight excluding hydrogens is 321 g/mol. The molecule has 1 aliphatic rings. The van der Waals surface area contributed by atoms with Crippen LogP contribution < -0.4 is 4.74 Å². The van der Waals surface area contributed by atoms with E-state index in [4.69, 9.17) is 4.74 Å². The largest absolute Gasteiger partial charge is 0.481 e. The summed E-state index contributed by atoms with van der Waals surface area (Å²) < 4.78 is 20.8. The van der Waals surface area contributed by atoms with E-state index in [-0.39, 0.29) is 17.8 Å². The zero-order valence-electron chi connectivity index (χ0n) is 15.1. The number of rotatable bonds is 4. The Hall–Kier alpha value is -2.37. The van der Waals surface area contributed by atoms with E-state index >= 15 is 0 Å². The molecule has 134 valence electrons. The van der Waals surface area contributed by atoms with Gasteiger partial charge in [-0.3, -0.25) is 9.48 Å². The number of ether oxygens (including phenoxy) is 1. The quantitative estimate of drug-likeness (QED) is 0.854. The molecule has 0 N–H and O–H groups in total. The van der Waals surface area contributed by atoms with E-state index < -0.39 is 6.10 Å². The first-order valence-electron chi connectivity index (χ1n) is 8.61. The van der Waals surface area contributed by atoms with Crippen LogP contribution in [0.15, 0.2) is 24.3 Å². The van der Waals surface area contributed by atoms with Crippen LogP contribution in [0, 0.1) is 19.7 Å². The summed E-state index contributed by atoms with van der Waals surface area (Å²) >= 11 is 0. The average Bonchev–Trinajstić information content (AvgIpc) is 3.11. The third-order valence-corrected chi connectivity index (χ3v) is 4.89. The van der Waals surface area contributed by atoms with Gasteiger partial charge in [0.1, 0.15) is 11.6 Å². The van der Waals surface area contributed by atoms with Gasteiger partial charge in [-0.2, -0.15) is 5.10 Å². The van der Waals surface area contributed by atoms with Crippen LogP contribution in [0.4, 0.5) is 4.39 Å². The van der Waals surface area contributed by atoms with Crippen molar-refractivity contribution in [1.82, 2.24) is 14.7 Å². The van der Waals surface area contributed by atoms with Crippen molar-refractivity contribution in [2.24, 2.45) is 7.05 Å². The highest BCUT2D eigenvalue weighted by Crippen LogP contribution is 2.36. The first kappa shape index (κ1) is 17.5. The summed E-state index contributed by atoms with van der Waals surface area (Å²) in [6.45, 7) is 6.43. The van der Waals surface area contributed by atoms with Crippen LogP contribution in [0.25, 0.3) is 0 Å². The average molecular weight is 345 g/mol. The minimum atomic E-state index is -0.667. The number of amides is 1. The van der Waals surface area contributed by atoms with Crippen molar-refractivity contribution in [2.75, 3.05) is 6.54 Å². The van der Waals surface area contributed by atoms with Crippen molar-refractivity contribution < 1.29 is 13.9 Å². The molecule has 0 saturated carbocycles. The number of benzene rings is 1. The highest BCUT2D eigenvalue weighted by Gasteiger charge is 2.35. The Morgan fingerprint density at radius 3 is 2.80 bits per heavy atom. The number of nitrogens with zero attached hydrogens (tertiary/aromatic N) is 3. The van der Waals surface area contributed by atoms with E-state index in [0.717, 1.165) is 29.8 Å². The second-order valence-electron chi connectivity index (χ2n) is 6.62. The van der Waals surface area contributed by atoms with Gasteiger partial charge in [0.15, 0.2) is 6.10 Å². The maximum atomic E-state index is 13.3. The number of aromatic nitrogens is 2. The minimum Gasteiger partial charge on any atom is -0.481 e. The van der Waals surface area contributed by atoms with Crippen LogP contribution in [0.3, 0.4) is 0 Å². The Morgan fingerprint density at radius 1 is 1.40 bits per heavy atom. The predicted molar refractivity (Wildman–Crippen MR) is 92.9 cm³/mol. The molecular formula is C19H24FN3O2. The molecule has 3 rings (SSSR count). The summed E-state index contributed by atoms with van der Waals surface area (Å²) in [4.78, 5) is 14.8. The second kappa shape index (κ2) is 6.86. The van der Waals surface area contributed by atoms with Crippen molar-refractivity contribution >= 4 is 5.91 Å². The molecule has 6 heteroatoms. The molecule has 1 amide bonds. The van der Waals surface area contributed by atoms with Crippen LogP contribution in [-0.4, -0.2) is 33.2 Å². The molecule has 1 aromatic carbocycles. The molecule has 2 heterocycles. The van der Waals surface area contributed by atoms with E-state index in [1.54, 1.807) is 19.1 Å². The molecule has 1 fully saturated rings. The van der Waals surface area contributed by atoms with Gasteiger partial charge < -0.3 is 9.64 Å². The Bertz CT molecular complexity index is 787. The number of halogens is 1. The molecule has 5 nitrogen and oxygen atoms in total. The molecule has 0 bridgehead atoms. The first-order chi connectivity index (χ1) is 11.9. The maximum absolute atomic E-state index is 13.3. The normalized spacial score (nSPS) is 18.4. The van der Waals surface area contributed by atoms with Crippen molar-refractivity contribution in [3.05, 3.63) is 47.0 Å². The van der Waals surface area contributed by atoms with Crippen molar-refractivity contribution in [2.45, 2.75) is 45.8 Å². The lowest BCUT2D eigenvalue weighted by Gasteiger charge is -2.28. The summed E-state index contributed by atoms with van der Waals surface area (Å²) in [6.07, 6.45) is 1.21. The van der Waals surface area contributed by atoms with Gasteiger partial charge in [0.25, 0.3) is 5.91 Å². The molecule has 0 unspecified atom stereocenters. The van der Waals surface area contributed by atoms with E-state index in [1.807, 2.05) is 30.5 Å². The van der Waals surface area contributed by atoms with E-state index in [0.29, 0.717) is 12.3 Å². The fourth-order valence-electron chi connectivity index (χ4n) is 3.63. The van der Waals surface area contributed by atoms with Crippen LogP contribution >= 0.6 is 0 Å². The third kappa shape index (κ3) is 3.38. The number of carbonyl (C=O) groups is 1. The zero-order valence-corrected chi connectivity index (χ0v) is 15.1. The summed E-state index contributed by atoms with van der Waals surface area (Å²) in [5, 5.41) is 4.48. The van der Waals surface area contributed by atoms with Crippen molar-refractivity contribution in [3.8, 4) is 5.75 Å². The summed E-state index contributed by atoms with van der Waals surface area (Å²) in [5.74, 6) is -0.0856. The number of likely N-dealkylation sites (tertiary alicyclic amines) is 1. The SMILES string of the molecule is Cc1nn(C)c(C)c1[C@H]1CCCN1C(=O)[C@@H](C)Oc1cccc(F)c1. The Labute approximate surface area is 147 Å². The highest BCUT2D eigenvalue weighted by molar-refractivity contribution is 5.81. The van der Waals surface area contributed by atoms with Gasteiger partial charge in [-0.05, 0) is 45.7 Å². The summed E-state index contributed by atoms with van der Waals surface area (Å²) in [6, 6.07) is 5.90. The lowest BCUT2D eigenvalue weighted by Crippen LogP contribution is -2.40. The summed E-state index contributed by atoms with van der Waals surface area (Å²) in [5.41, 5.74) is 3.18. The van der Waals surface area contributed by atoms with Gasteiger partial charge in [0.2, 0.25) is 0 Å².